The lowest BCUT2D eigenvalue weighted by Crippen LogP contribution is -2.56. The molecule has 5 heteroatoms. The molecular formula is C20H31N3O2. The topological polar surface area (TPSA) is 75.4 Å². The average molecular weight is 345 g/mol. The SMILES string of the molecule is CCC(N)(CC)CNC(=O)C1(C)CCCN(C(=O)c2ccccc2)C1. The van der Waals surface area contributed by atoms with Gasteiger partial charge in [0.25, 0.3) is 5.91 Å². The Morgan fingerprint density at radius 3 is 2.48 bits per heavy atom. The minimum absolute atomic E-state index is 0.00483. The molecule has 1 unspecified atom stereocenters. The highest BCUT2D eigenvalue weighted by atomic mass is 16.2. The molecule has 1 fully saturated rings. The monoisotopic (exact) mass is 345 g/mol. The van der Waals surface area contributed by atoms with Crippen molar-refractivity contribution in [1.82, 2.24) is 10.2 Å². The number of hydrogen-bond donors (Lipinski definition) is 2. The van der Waals surface area contributed by atoms with Crippen LogP contribution < -0.4 is 11.1 Å². The molecule has 1 aliphatic rings. The van der Waals surface area contributed by atoms with E-state index in [0.717, 1.165) is 25.7 Å². The molecule has 1 heterocycles. The molecule has 0 aromatic heterocycles. The van der Waals surface area contributed by atoms with Gasteiger partial charge in [0.05, 0.1) is 5.41 Å². The Kier molecular flexibility index (Phi) is 6.22. The van der Waals surface area contributed by atoms with Crippen molar-refractivity contribution >= 4 is 11.8 Å². The van der Waals surface area contributed by atoms with Gasteiger partial charge < -0.3 is 16.0 Å². The molecule has 1 aliphatic heterocycles. The van der Waals surface area contributed by atoms with Gasteiger partial charge in [-0.25, -0.2) is 0 Å². The molecule has 0 aliphatic carbocycles. The Morgan fingerprint density at radius 2 is 1.88 bits per heavy atom. The molecule has 5 nitrogen and oxygen atoms in total. The number of carbonyl (C=O) groups is 2. The van der Waals surface area contributed by atoms with Crippen LogP contribution in [-0.2, 0) is 4.79 Å². The summed E-state index contributed by atoms with van der Waals surface area (Å²) in [5, 5.41) is 3.03. The van der Waals surface area contributed by atoms with Crippen LogP contribution in [0.5, 0.6) is 0 Å². The maximum absolute atomic E-state index is 12.8. The van der Waals surface area contributed by atoms with E-state index in [2.05, 4.69) is 5.32 Å². The molecular weight excluding hydrogens is 314 g/mol. The predicted octanol–water partition coefficient (Wildman–Crippen LogP) is 2.56. The van der Waals surface area contributed by atoms with Crippen LogP contribution in [0.15, 0.2) is 30.3 Å². The molecule has 0 spiro atoms. The van der Waals surface area contributed by atoms with Crippen molar-refractivity contribution < 1.29 is 9.59 Å². The first-order valence-electron chi connectivity index (χ1n) is 9.25. The van der Waals surface area contributed by atoms with Crippen LogP contribution in [0.2, 0.25) is 0 Å². The second-order valence-corrected chi connectivity index (χ2v) is 7.51. The number of nitrogens with zero attached hydrogens (tertiary/aromatic N) is 1. The van der Waals surface area contributed by atoms with E-state index >= 15 is 0 Å². The average Bonchev–Trinajstić information content (AvgIpc) is 2.66. The van der Waals surface area contributed by atoms with Crippen molar-refractivity contribution in [2.75, 3.05) is 19.6 Å². The molecule has 1 aromatic carbocycles. The normalized spacial score (nSPS) is 21.0. The van der Waals surface area contributed by atoms with Crippen molar-refractivity contribution in [2.45, 2.75) is 52.0 Å². The minimum atomic E-state index is -0.564. The number of piperidine rings is 1. The molecule has 1 atom stereocenters. The second kappa shape index (κ2) is 8.00. The first-order chi connectivity index (χ1) is 11.8. The molecule has 1 aromatic rings. The summed E-state index contributed by atoms with van der Waals surface area (Å²) in [6.45, 7) is 7.64. The van der Waals surface area contributed by atoms with E-state index in [0.29, 0.717) is 25.2 Å². The van der Waals surface area contributed by atoms with Gasteiger partial charge in [-0.1, -0.05) is 32.0 Å². The summed E-state index contributed by atoms with van der Waals surface area (Å²) in [4.78, 5) is 27.3. The van der Waals surface area contributed by atoms with Gasteiger partial charge in [0.2, 0.25) is 5.91 Å². The van der Waals surface area contributed by atoms with Crippen LogP contribution in [0.25, 0.3) is 0 Å². The molecule has 2 rings (SSSR count). The van der Waals surface area contributed by atoms with Crippen LogP contribution in [0, 0.1) is 5.41 Å². The highest BCUT2D eigenvalue weighted by Crippen LogP contribution is 2.30. The number of nitrogens with two attached hydrogens (primary N) is 1. The van der Waals surface area contributed by atoms with Gasteiger partial charge in [-0.2, -0.15) is 0 Å². The van der Waals surface area contributed by atoms with E-state index in [4.69, 9.17) is 5.73 Å². The summed E-state index contributed by atoms with van der Waals surface area (Å²) in [6.07, 6.45) is 3.25. The van der Waals surface area contributed by atoms with Crippen LogP contribution >= 0.6 is 0 Å². The summed E-state index contributed by atoms with van der Waals surface area (Å²) in [5.41, 5.74) is 6.04. The summed E-state index contributed by atoms with van der Waals surface area (Å²) < 4.78 is 0. The molecule has 1 saturated heterocycles. The quantitative estimate of drug-likeness (QED) is 0.832. The fourth-order valence-corrected chi connectivity index (χ4v) is 3.33. The zero-order chi connectivity index (χ0) is 18.5. The Morgan fingerprint density at radius 1 is 1.24 bits per heavy atom. The summed E-state index contributed by atoms with van der Waals surface area (Å²) in [5.74, 6) is -0.00982. The Labute approximate surface area is 151 Å². The lowest BCUT2D eigenvalue weighted by Gasteiger charge is -2.40. The van der Waals surface area contributed by atoms with Crippen LogP contribution in [0.1, 0.15) is 56.8 Å². The van der Waals surface area contributed by atoms with Gasteiger partial charge >= 0.3 is 0 Å². The highest BCUT2D eigenvalue weighted by Gasteiger charge is 2.40. The van der Waals surface area contributed by atoms with Crippen LogP contribution in [-0.4, -0.2) is 41.9 Å². The number of benzene rings is 1. The third-order valence-electron chi connectivity index (χ3n) is 5.56. The standard InChI is InChI=1S/C20H31N3O2/c1-4-20(21,5-2)14-22-18(25)19(3)12-9-13-23(15-19)17(24)16-10-7-6-8-11-16/h6-8,10-11H,4-5,9,12-15,21H2,1-3H3,(H,22,25). The number of amides is 2. The summed E-state index contributed by atoms with van der Waals surface area (Å²) in [7, 11) is 0. The van der Waals surface area contributed by atoms with Crippen LogP contribution in [0.4, 0.5) is 0 Å². The zero-order valence-electron chi connectivity index (χ0n) is 15.7. The maximum atomic E-state index is 12.8. The third-order valence-corrected chi connectivity index (χ3v) is 5.56. The molecule has 138 valence electrons. The van der Waals surface area contributed by atoms with Crippen LogP contribution in [0.3, 0.4) is 0 Å². The van der Waals surface area contributed by atoms with Crippen molar-refractivity contribution in [3.63, 3.8) is 0 Å². The third kappa shape index (κ3) is 4.60. The van der Waals surface area contributed by atoms with Crippen molar-refractivity contribution in [2.24, 2.45) is 11.1 Å². The number of nitrogens with one attached hydrogen (secondary N) is 1. The predicted molar refractivity (Wildman–Crippen MR) is 100 cm³/mol. The molecule has 25 heavy (non-hydrogen) atoms. The largest absolute Gasteiger partial charge is 0.354 e. The van der Waals surface area contributed by atoms with Gasteiger partial charge in [-0.3, -0.25) is 9.59 Å². The lowest BCUT2D eigenvalue weighted by atomic mass is 9.80. The summed E-state index contributed by atoms with van der Waals surface area (Å²) in [6, 6.07) is 9.25. The highest BCUT2D eigenvalue weighted by molar-refractivity contribution is 5.95. The van der Waals surface area contributed by atoms with Gasteiger partial charge in [0.15, 0.2) is 0 Å². The molecule has 3 N–H and O–H groups in total. The Hall–Kier alpha value is -1.88. The van der Waals surface area contributed by atoms with Gasteiger partial charge in [-0.05, 0) is 44.7 Å². The van der Waals surface area contributed by atoms with E-state index < -0.39 is 5.41 Å². The first kappa shape index (κ1) is 19.4. The smallest absolute Gasteiger partial charge is 0.253 e. The molecule has 0 saturated carbocycles. The number of carbonyl (C=O) groups excluding carboxylic acids is 2. The second-order valence-electron chi connectivity index (χ2n) is 7.51. The fraction of sp³-hybridized carbons (Fsp3) is 0.600. The summed E-state index contributed by atoms with van der Waals surface area (Å²) >= 11 is 0. The molecule has 2 amide bonds. The van der Waals surface area contributed by atoms with Crippen molar-refractivity contribution in [3.05, 3.63) is 35.9 Å². The van der Waals surface area contributed by atoms with E-state index in [1.165, 1.54) is 0 Å². The van der Waals surface area contributed by atoms with E-state index in [9.17, 15) is 9.59 Å². The zero-order valence-corrected chi connectivity index (χ0v) is 15.7. The van der Waals surface area contributed by atoms with Crippen molar-refractivity contribution in [3.8, 4) is 0 Å². The number of likely N-dealkylation sites (tertiary alicyclic amines) is 1. The number of hydrogen-bond acceptors (Lipinski definition) is 3. The number of rotatable bonds is 6. The van der Waals surface area contributed by atoms with E-state index in [1.54, 1.807) is 4.90 Å². The van der Waals surface area contributed by atoms with Gasteiger partial charge in [-0.15, -0.1) is 0 Å². The van der Waals surface area contributed by atoms with Crippen molar-refractivity contribution in [1.29, 1.82) is 0 Å². The Balaban J connectivity index is 2.03. The van der Waals surface area contributed by atoms with Gasteiger partial charge in [0.1, 0.15) is 0 Å². The lowest BCUT2D eigenvalue weighted by molar-refractivity contribution is -0.132. The molecule has 0 bridgehead atoms. The first-order valence-corrected chi connectivity index (χ1v) is 9.25. The maximum Gasteiger partial charge on any atom is 0.253 e. The fourth-order valence-electron chi connectivity index (χ4n) is 3.33. The Bertz CT molecular complexity index is 598. The van der Waals surface area contributed by atoms with E-state index in [-0.39, 0.29) is 17.4 Å². The van der Waals surface area contributed by atoms with Gasteiger partial charge in [0, 0.05) is 30.7 Å². The van der Waals surface area contributed by atoms with E-state index in [1.807, 2.05) is 51.1 Å². The molecule has 0 radical (unpaired) electrons. The minimum Gasteiger partial charge on any atom is -0.354 e.